The molecule has 0 fully saturated rings. The predicted molar refractivity (Wildman–Crippen MR) is 39.2 cm³/mol. The molecule has 0 rings (SSSR count). The maximum absolute atomic E-state index is 3.31. The standard InChI is InChI=1S/C6H15N.K/c1-5(2)7-6(3)4;/h5-7H,1-4H3;. The fourth-order valence-corrected chi connectivity index (χ4v) is 0.667. The van der Waals surface area contributed by atoms with Gasteiger partial charge in [-0.2, -0.15) is 0 Å². The fourth-order valence-electron chi connectivity index (χ4n) is 0.667. The molecule has 0 aromatic carbocycles. The van der Waals surface area contributed by atoms with Gasteiger partial charge in [0.25, 0.3) is 0 Å². The average molecular weight is 140 g/mol. The summed E-state index contributed by atoms with van der Waals surface area (Å²) in [7, 11) is 0. The van der Waals surface area contributed by atoms with Crippen molar-refractivity contribution in [3.63, 3.8) is 0 Å². The maximum atomic E-state index is 3.31. The Hall–Kier alpha value is 1.60. The normalized spacial score (nSPS) is 9.75. The molecule has 1 radical (unpaired) electrons. The predicted octanol–water partition coefficient (Wildman–Crippen LogP) is 1.01. The molecular weight excluding hydrogens is 125 g/mol. The van der Waals surface area contributed by atoms with E-state index in [0.717, 1.165) is 0 Å². The molecule has 0 aromatic rings. The molecule has 1 N–H and O–H groups in total. The average Bonchev–Trinajstić information content (AvgIpc) is 1.27. The van der Waals surface area contributed by atoms with Crippen LogP contribution in [-0.2, 0) is 0 Å². The molecule has 0 atom stereocenters. The Bertz CT molecular complexity index is 37.8. The quantitative estimate of drug-likeness (QED) is 0.565. The van der Waals surface area contributed by atoms with Crippen LogP contribution in [0.5, 0.6) is 0 Å². The molecule has 0 spiro atoms. The summed E-state index contributed by atoms with van der Waals surface area (Å²) in [5.74, 6) is 0. The van der Waals surface area contributed by atoms with Crippen molar-refractivity contribution < 1.29 is 0 Å². The second-order valence-electron chi connectivity index (χ2n) is 2.48. The van der Waals surface area contributed by atoms with Crippen LogP contribution in [0.1, 0.15) is 27.7 Å². The molecule has 0 saturated heterocycles. The molecule has 0 heterocycles. The van der Waals surface area contributed by atoms with E-state index >= 15 is 0 Å². The van der Waals surface area contributed by atoms with Gasteiger partial charge in [-0.3, -0.25) is 0 Å². The van der Waals surface area contributed by atoms with Gasteiger partial charge in [-0.15, -0.1) is 0 Å². The molecule has 0 aliphatic carbocycles. The van der Waals surface area contributed by atoms with Crippen molar-refractivity contribution in [3.8, 4) is 0 Å². The summed E-state index contributed by atoms with van der Waals surface area (Å²) in [6, 6.07) is 1.25. The van der Waals surface area contributed by atoms with E-state index < -0.39 is 0 Å². The largest absolute Gasteiger partial charge is 0.312 e. The molecule has 0 aliphatic heterocycles. The van der Waals surface area contributed by atoms with Crippen LogP contribution in [0.15, 0.2) is 0 Å². The minimum atomic E-state index is 0. The van der Waals surface area contributed by atoms with E-state index in [2.05, 4.69) is 33.0 Å². The van der Waals surface area contributed by atoms with E-state index in [-0.39, 0.29) is 51.4 Å². The van der Waals surface area contributed by atoms with E-state index in [1.54, 1.807) is 0 Å². The molecule has 0 bridgehead atoms. The fraction of sp³-hybridized carbons (Fsp3) is 1.00. The molecular formula is C6H15KN. The van der Waals surface area contributed by atoms with E-state index in [1.165, 1.54) is 0 Å². The first-order valence-electron chi connectivity index (χ1n) is 2.89. The van der Waals surface area contributed by atoms with Gasteiger partial charge < -0.3 is 5.32 Å². The first-order valence-corrected chi connectivity index (χ1v) is 2.89. The van der Waals surface area contributed by atoms with Gasteiger partial charge in [0.2, 0.25) is 0 Å². The molecule has 0 amide bonds. The SMILES string of the molecule is CC(C)NC(C)C.[K]. The second-order valence-corrected chi connectivity index (χ2v) is 2.48. The van der Waals surface area contributed by atoms with Crippen molar-refractivity contribution in [1.82, 2.24) is 5.32 Å². The van der Waals surface area contributed by atoms with Gasteiger partial charge in [-0.05, 0) is 0 Å². The zero-order valence-electron chi connectivity index (χ0n) is 6.65. The van der Waals surface area contributed by atoms with Gasteiger partial charge in [0, 0.05) is 63.5 Å². The molecule has 8 heavy (non-hydrogen) atoms. The number of hydrogen-bond donors (Lipinski definition) is 1. The Morgan fingerprint density at radius 1 is 0.875 bits per heavy atom. The van der Waals surface area contributed by atoms with Crippen LogP contribution in [0.2, 0.25) is 0 Å². The third-order valence-corrected chi connectivity index (χ3v) is 0.667. The van der Waals surface area contributed by atoms with E-state index in [1.807, 2.05) is 0 Å². The van der Waals surface area contributed by atoms with Gasteiger partial charge in [0.05, 0.1) is 0 Å². The molecule has 0 saturated carbocycles. The van der Waals surface area contributed by atoms with Crippen molar-refractivity contribution in [2.75, 3.05) is 0 Å². The third kappa shape index (κ3) is 10.6. The van der Waals surface area contributed by atoms with Crippen molar-refractivity contribution in [2.24, 2.45) is 0 Å². The van der Waals surface area contributed by atoms with Crippen LogP contribution in [0.25, 0.3) is 0 Å². The summed E-state index contributed by atoms with van der Waals surface area (Å²) in [5.41, 5.74) is 0. The Labute approximate surface area is 95.0 Å². The Morgan fingerprint density at radius 3 is 1.12 bits per heavy atom. The third-order valence-electron chi connectivity index (χ3n) is 0.667. The Kier molecular flexibility index (Phi) is 10.3. The van der Waals surface area contributed by atoms with Crippen LogP contribution < -0.4 is 5.32 Å². The topological polar surface area (TPSA) is 12.0 Å². The molecule has 0 unspecified atom stereocenters. The van der Waals surface area contributed by atoms with E-state index in [4.69, 9.17) is 0 Å². The van der Waals surface area contributed by atoms with Gasteiger partial charge in [-0.25, -0.2) is 0 Å². The Morgan fingerprint density at radius 2 is 1.12 bits per heavy atom. The first kappa shape index (κ1) is 12.3. The zero-order valence-corrected chi connectivity index (χ0v) is 9.78. The van der Waals surface area contributed by atoms with Crippen molar-refractivity contribution in [2.45, 2.75) is 39.8 Å². The van der Waals surface area contributed by atoms with Gasteiger partial charge in [0.1, 0.15) is 0 Å². The summed E-state index contributed by atoms with van der Waals surface area (Å²) in [6.45, 7) is 8.61. The smallest absolute Gasteiger partial charge is 0.00127 e. The van der Waals surface area contributed by atoms with E-state index in [0.29, 0.717) is 12.1 Å². The van der Waals surface area contributed by atoms with Crippen molar-refractivity contribution in [1.29, 1.82) is 0 Å². The van der Waals surface area contributed by atoms with Crippen molar-refractivity contribution >= 4 is 51.4 Å². The summed E-state index contributed by atoms with van der Waals surface area (Å²) in [6.07, 6.45) is 0. The van der Waals surface area contributed by atoms with Crippen molar-refractivity contribution in [3.05, 3.63) is 0 Å². The summed E-state index contributed by atoms with van der Waals surface area (Å²) >= 11 is 0. The zero-order chi connectivity index (χ0) is 5.86. The van der Waals surface area contributed by atoms with Gasteiger partial charge in [-0.1, -0.05) is 27.7 Å². The monoisotopic (exact) mass is 140 g/mol. The molecule has 0 aromatic heterocycles. The van der Waals surface area contributed by atoms with Crippen LogP contribution in [-0.4, -0.2) is 63.5 Å². The van der Waals surface area contributed by atoms with Crippen LogP contribution in [0.3, 0.4) is 0 Å². The van der Waals surface area contributed by atoms with Crippen LogP contribution in [0, 0.1) is 0 Å². The summed E-state index contributed by atoms with van der Waals surface area (Å²) < 4.78 is 0. The number of hydrogen-bond acceptors (Lipinski definition) is 1. The molecule has 0 aliphatic rings. The maximum Gasteiger partial charge on any atom is 0.00127 e. The van der Waals surface area contributed by atoms with Crippen LogP contribution in [0.4, 0.5) is 0 Å². The Balaban J connectivity index is 0. The summed E-state index contributed by atoms with van der Waals surface area (Å²) in [4.78, 5) is 0. The minimum Gasteiger partial charge on any atom is -0.312 e. The molecule has 1 nitrogen and oxygen atoms in total. The van der Waals surface area contributed by atoms with Gasteiger partial charge in [0.15, 0.2) is 0 Å². The van der Waals surface area contributed by atoms with E-state index in [9.17, 15) is 0 Å². The first-order chi connectivity index (χ1) is 3.13. The number of nitrogens with one attached hydrogen (secondary N) is 1. The number of rotatable bonds is 2. The second kappa shape index (κ2) is 6.71. The molecule has 45 valence electrons. The minimum absolute atomic E-state index is 0. The van der Waals surface area contributed by atoms with Gasteiger partial charge >= 0.3 is 0 Å². The molecule has 2 heteroatoms. The summed E-state index contributed by atoms with van der Waals surface area (Å²) in [5, 5.41) is 3.31. The van der Waals surface area contributed by atoms with Crippen LogP contribution >= 0.6 is 0 Å².